The summed E-state index contributed by atoms with van der Waals surface area (Å²) >= 11 is 1.65. The molecule has 0 unspecified atom stereocenters. The van der Waals surface area contributed by atoms with E-state index in [9.17, 15) is 4.79 Å². The predicted octanol–water partition coefficient (Wildman–Crippen LogP) is 2.80. The van der Waals surface area contributed by atoms with Crippen LogP contribution in [0.15, 0.2) is 6.07 Å². The molecule has 0 bridgehead atoms. The highest BCUT2D eigenvalue weighted by Crippen LogP contribution is 2.35. The second-order valence-electron chi connectivity index (χ2n) is 5.42. The lowest BCUT2D eigenvalue weighted by molar-refractivity contribution is 0.0942. The first-order valence-electron chi connectivity index (χ1n) is 6.89. The molecule has 98 valence electrons. The molecule has 4 heteroatoms. The maximum absolute atomic E-state index is 12.2. The van der Waals surface area contributed by atoms with Gasteiger partial charge in [-0.3, -0.25) is 4.79 Å². The Morgan fingerprint density at radius 1 is 1.39 bits per heavy atom. The predicted molar refractivity (Wildman–Crippen MR) is 75.6 cm³/mol. The fourth-order valence-electron chi connectivity index (χ4n) is 2.97. The monoisotopic (exact) mass is 264 g/mol. The second kappa shape index (κ2) is 4.92. The fourth-order valence-corrected chi connectivity index (χ4v) is 4.07. The summed E-state index contributed by atoms with van der Waals surface area (Å²) in [6.45, 7) is 1.11. The van der Waals surface area contributed by atoms with E-state index in [1.165, 1.54) is 29.8 Å². The normalized spacial score (nSPS) is 19.9. The minimum atomic E-state index is 0.134. The van der Waals surface area contributed by atoms with Crippen molar-refractivity contribution in [1.82, 2.24) is 5.32 Å². The Hall–Kier alpha value is -1.03. The SMILES string of the molecule is CN1CCCc2cc(C(=O)NC3CCCC3)sc21. The fraction of sp³-hybridized carbons (Fsp3) is 0.643. The quantitative estimate of drug-likeness (QED) is 0.891. The van der Waals surface area contributed by atoms with Gasteiger partial charge in [-0.2, -0.15) is 0 Å². The number of rotatable bonds is 2. The molecule has 1 aromatic rings. The van der Waals surface area contributed by atoms with E-state index in [2.05, 4.69) is 23.3 Å². The third-order valence-corrected chi connectivity index (χ3v) is 5.28. The van der Waals surface area contributed by atoms with Crippen LogP contribution in [0.2, 0.25) is 0 Å². The van der Waals surface area contributed by atoms with Crippen LogP contribution in [0.4, 0.5) is 5.00 Å². The number of hydrogen-bond acceptors (Lipinski definition) is 3. The maximum atomic E-state index is 12.2. The summed E-state index contributed by atoms with van der Waals surface area (Å²) in [4.78, 5) is 15.4. The van der Waals surface area contributed by atoms with Gasteiger partial charge >= 0.3 is 0 Å². The van der Waals surface area contributed by atoms with Gasteiger partial charge in [0.2, 0.25) is 0 Å². The summed E-state index contributed by atoms with van der Waals surface area (Å²) in [6, 6.07) is 2.51. The standard InChI is InChI=1S/C14H20N2OS/c1-16-8-4-5-10-9-12(18-14(10)16)13(17)15-11-6-2-3-7-11/h9,11H,2-8H2,1H3,(H,15,17). The van der Waals surface area contributed by atoms with Crippen LogP contribution in [-0.2, 0) is 6.42 Å². The zero-order valence-electron chi connectivity index (χ0n) is 10.9. The van der Waals surface area contributed by atoms with Gasteiger partial charge in [-0.15, -0.1) is 11.3 Å². The van der Waals surface area contributed by atoms with Crippen LogP contribution in [0.5, 0.6) is 0 Å². The van der Waals surface area contributed by atoms with Crippen molar-refractivity contribution >= 4 is 22.2 Å². The minimum absolute atomic E-state index is 0.134. The summed E-state index contributed by atoms with van der Waals surface area (Å²) in [5, 5.41) is 4.46. The van der Waals surface area contributed by atoms with Crippen molar-refractivity contribution in [3.05, 3.63) is 16.5 Å². The zero-order chi connectivity index (χ0) is 12.5. The molecule has 0 radical (unpaired) electrons. The largest absolute Gasteiger partial charge is 0.366 e. The van der Waals surface area contributed by atoms with Gasteiger partial charge in [0, 0.05) is 19.6 Å². The lowest BCUT2D eigenvalue weighted by Crippen LogP contribution is -2.31. The number of nitrogens with one attached hydrogen (secondary N) is 1. The molecule has 0 aromatic carbocycles. The molecule has 1 saturated carbocycles. The van der Waals surface area contributed by atoms with Crippen molar-refractivity contribution < 1.29 is 4.79 Å². The van der Waals surface area contributed by atoms with E-state index < -0.39 is 0 Å². The average Bonchev–Trinajstić information content (AvgIpc) is 2.97. The molecular weight excluding hydrogens is 244 g/mol. The molecule has 1 N–H and O–H groups in total. The molecule has 18 heavy (non-hydrogen) atoms. The summed E-state index contributed by atoms with van der Waals surface area (Å²) in [5.74, 6) is 0.134. The Labute approximate surface area is 112 Å². The average molecular weight is 264 g/mol. The maximum Gasteiger partial charge on any atom is 0.261 e. The van der Waals surface area contributed by atoms with Crippen LogP contribution in [0.3, 0.4) is 0 Å². The third kappa shape index (κ3) is 2.26. The van der Waals surface area contributed by atoms with Crippen molar-refractivity contribution in [3.63, 3.8) is 0 Å². The van der Waals surface area contributed by atoms with Crippen molar-refractivity contribution in [2.45, 2.75) is 44.6 Å². The summed E-state index contributed by atoms with van der Waals surface area (Å²) < 4.78 is 0. The van der Waals surface area contributed by atoms with Crippen molar-refractivity contribution in [2.24, 2.45) is 0 Å². The molecule has 3 rings (SSSR count). The molecule has 1 aliphatic heterocycles. The molecular formula is C14H20N2OS. The van der Waals surface area contributed by atoms with Gasteiger partial charge in [0.15, 0.2) is 0 Å². The molecule has 0 saturated heterocycles. The molecule has 2 heterocycles. The van der Waals surface area contributed by atoms with Crippen molar-refractivity contribution in [1.29, 1.82) is 0 Å². The number of carbonyl (C=O) groups is 1. The van der Waals surface area contributed by atoms with E-state index in [1.807, 2.05) is 0 Å². The van der Waals surface area contributed by atoms with E-state index in [4.69, 9.17) is 0 Å². The molecule has 1 fully saturated rings. The van der Waals surface area contributed by atoms with Crippen molar-refractivity contribution in [2.75, 3.05) is 18.5 Å². The molecule has 0 spiro atoms. The van der Waals surface area contributed by atoms with E-state index in [1.54, 1.807) is 11.3 Å². The van der Waals surface area contributed by atoms with E-state index in [0.29, 0.717) is 6.04 Å². The number of carbonyl (C=O) groups excluding carboxylic acids is 1. The van der Waals surface area contributed by atoms with Crippen LogP contribution >= 0.6 is 11.3 Å². The number of amides is 1. The van der Waals surface area contributed by atoms with Crippen LogP contribution in [-0.4, -0.2) is 25.5 Å². The molecule has 1 amide bonds. The van der Waals surface area contributed by atoms with Gasteiger partial charge in [-0.05, 0) is 37.3 Å². The smallest absolute Gasteiger partial charge is 0.261 e. The van der Waals surface area contributed by atoms with Gasteiger partial charge in [-0.1, -0.05) is 12.8 Å². The molecule has 3 nitrogen and oxygen atoms in total. The highest BCUT2D eigenvalue weighted by Gasteiger charge is 2.23. The van der Waals surface area contributed by atoms with Crippen molar-refractivity contribution in [3.8, 4) is 0 Å². The number of thiophene rings is 1. The Balaban J connectivity index is 1.73. The number of anilines is 1. The first-order chi connectivity index (χ1) is 8.74. The molecule has 2 aliphatic rings. The van der Waals surface area contributed by atoms with E-state index in [0.717, 1.165) is 30.7 Å². The van der Waals surface area contributed by atoms with E-state index in [-0.39, 0.29) is 5.91 Å². The highest BCUT2D eigenvalue weighted by atomic mass is 32.1. The third-order valence-electron chi connectivity index (χ3n) is 3.99. The van der Waals surface area contributed by atoms with Crippen LogP contribution in [0.25, 0.3) is 0 Å². The Morgan fingerprint density at radius 2 is 2.17 bits per heavy atom. The van der Waals surface area contributed by atoms with E-state index >= 15 is 0 Å². The lowest BCUT2D eigenvalue weighted by Gasteiger charge is -2.23. The number of nitrogens with zero attached hydrogens (tertiary/aromatic N) is 1. The van der Waals surface area contributed by atoms with Gasteiger partial charge in [0.05, 0.1) is 9.88 Å². The first-order valence-corrected chi connectivity index (χ1v) is 7.70. The Morgan fingerprint density at radius 3 is 2.89 bits per heavy atom. The lowest BCUT2D eigenvalue weighted by atomic mass is 10.1. The van der Waals surface area contributed by atoms with Gasteiger partial charge < -0.3 is 10.2 Å². The van der Waals surface area contributed by atoms with Crippen LogP contribution < -0.4 is 10.2 Å². The van der Waals surface area contributed by atoms with Gasteiger partial charge in [0.25, 0.3) is 5.91 Å². The molecule has 1 aliphatic carbocycles. The van der Waals surface area contributed by atoms with Crippen LogP contribution in [0, 0.1) is 0 Å². The number of aryl methyl sites for hydroxylation is 1. The number of fused-ring (bicyclic) bond motifs is 1. The second-order valence-corrected chi connectivity index (χ2v) is 6.45. The minimum Gasteiger partial charge on any atom is -0.366 e. The first kappa shape index (κ1) is 12.0. The Kier molecular flexibility index (Phi) is 3.29. The van der Waals surface area contributed by atoms with Gasteiger partial charge in [0.1, 0.15) is 0 Å². The summed E-state index contributed by atoms with van der Waals surface area (Å²) in [7, 11) is 2.12. The molecule has 1 aromatic heterocycles. The summed E-state index contributed by atoms with van der Waals surface area (Å²) in [5.41, 5.74) is 1.35. The zero-order valence-corrected chi connectivity index (χ0v) is 11.7. The Bertz CT molecular complexity index is 449. The van der Waals surface area contributed by atoms with Crippen LogP contribution in [0.1, 0.15) is 47.3 Å². The topological polar surface area (TPSA) is 32.3 Å². The summed E-state index contributed by atoms with van der Waals surface area (Å²) in [6.07, 6.45) is 7.13. The van der Waals surface area contributed by atoms with Gasteiger partial charge in [-0.25, -0.2) is 0 Å². The molecule has 0 atom stereocenters. The number of hydrogen-bond donors (Lipinski definition) is 1. The highest BCUT2D eigenvalue weighted by molar-refractivity contribution is 7.18.